The van der Waals surface area contributed by atoms with Crippen molar-refractivity contribution in [2.45, 2.75) is 0 Å². The molecule has 2 rings (SSSR count). The van der Waals surface area contributed by atoms with Crippen molar-refractivity contribution in [3.05, 3.63) is 51.5 Å². The number of carboxylic acids is 1. The predicted molar refractivity (Wildman–Crippen MR) is 73.4 cm³/mol. The lowest BCUT2D eigenvalue weighted by atomic mass is 10.2. The molecule has 1 amide bonds. The van der Waals surface area contributed by atoms with Crippen LogP contribution in [0.2, 0.25) is 10.3 Å². The first kappa shape index (κ1) is 15.1. The van der Waals surface area contributed by atoms with Crippen molar-refractivity contribution in [3.8, 4) is 0 Å². The van der Waals surface area contributed by atoms with E-state index >= 15 is 0 Å². The van der Waals surface area contributed by atoms with Crippen molar-refractivity contribution >= 4 is 40.8 Å². The number of nitrogens with zero attached hydrogens (tertiary/aromatic N) is 2. The fourth-order valence-corrected chi connectivity index (χ4v) is 1.78. The maximum atomic E-state index is 13.7. The standard InChI is InChI=1S/C12H6Cl2FN3O3/c13-9-4-6(10(14)18-17-9)11(19)16-8-2-1-5(12(20)21)3-7(8)15/h1-4H,(H,16,19)(H,20,21). The van der Waals surface area contributed by atoms with Gasteiger partial charge in [0, 0.05) is 0 Å². The van der Waals surface area contributed by atoms with E-state index in [0.29, 0.717) is 0 Å². The van der Waals surface area contributed by atoms with Crippen molar-refractivity contribution in [2.24, 2.45) is 0 Å². The number of hydrogen-bond acceptors (Lipinski definition) is 4. The minimum atomic E-state index is -1.28. The van der Waals surface area contributed by atoms with Gasteiger partial charge >= 0.3 is 5.97 Å². The lowest BCUT2D eigenvalue weighted by molar-refractivity contribution is 0.0696. The third kappa shape index (κ3) is 3.45. The molecule has 2 aromatic rings. The number of nitrogens with one attached hydrogen (secondary N) is 1. The van der Waals surface area contributed by atoms with Crippen molar-refractivity contribution in [3.63, 3.8) is 0 Å². The SMILES string of the molecule is O=C(O)c1ccc(NC(=O)c2cc(Cl)nnc2Cl)c(F)c1. The van der Waals surface area contributed by atoms with Crippen molar-refractivity contribution in [2.75, 3.05) is 5.32 Å². The van der Waals surface area contributed by atoms with E-state index in [9.17, 15) is 14.0 Å². The summed E-state index contributed by atoms with van der Waals surface area (Å²) >= 11 is 11.3. The Morgan fingerprint density at radius 2 is 1.90 bits per heavy atom. The van der Waals surface area contributed by atoms with Gasteiger partial charge in [0.05, 0.1) is 16.8 Å². The molecule has 9 heteroatoms. The summed E-state index contributed by atoms with van der Waals surface area (Å²) in [5.74, 6) is -2.92. The summed E-state index contributed by atoms with van der Waals surface area (Å²) < 4.78 is 13.7. The summed E-state index contributed by atoms with van der Waals surface area (Å²) in [7, 11) is 0. The van der Waals surface area contributed by atoms with Gasteiger partial charge in [-0.2, -0.15) is 0 Å². The zero-order chi connectivity index (χ0) is 15.6. The average Bonchev–Trinajstić information content (AvgIpc) is 2.43. The Morgan fingerprint density at radius 3 is 2.52 bits per heavy atom. The van der Waals surface area contributed by atoms with E-state index in [1.54, 1.807) is 0 Å². The van der Waals surface area contributed by atoms with Crippen LogP contribution in [0.3, 0.4) is 0 Å². The molecule has 0 saturated carbocycles. The molecular formula is C12H6Cl2FN3O3. The zero-order valence-electron chi connectivity index (χ0n) is 10.1. The van der Waals surface area contributed by atoms with Gasteiger partial charge in [-0.15, -0.1) is 10.2 Å². The first-order valence-electron chi connectivity index (χ1n) is 5.41. The Labute approximate surface area is 127 Å². The van der Waals surface area contributed by atoms with Gasteiger partial charge in [-0.1, -0.05) is 23.2 Å². The number of carboxylic acid groups (broad SMARTS) is 1. The summed E-state index contributed by atoms with van der Waals surface area (Å²) in [6.07, 6.45) is 0. The van der Waals surface area contributed by atoms with Gasteiger partial charge < -0.3 is 10.4 Å². The van der Waals surface area contributed by atoms with Gasteiger partial charge in [0.25, 0.3) is 5.91 Å². The monoisotopic (exact) mass is 329 g/mol. The minimum absolute atomic E-state index is 0.0498. The highest BCUT2D eigenvalue weighted by atomic mass is 35.5. The second-order valence-corrected chi connectivity index (χ2v) is 4.57. The molecule has 21 heavy (non-hydrogen) atoms. The van der Waals surface area contributed by atoms with Gasteiger partial charge in [-0.25, -0.2) is 9.18 Å². The highest BCUT2D eigenvalue weighted by molar-refractivity contribution is 6.34. The van der Waals surface area contributed by atoms with Gasteiger partial charge in [0.2, 0.25) is 0 Å². The summed E-state index contributed by atoms with van der Waals surface area (Å²) in [6, 6.07) is 4.24. The van der Waals surface area contributed by atoms with E-state index in [1.807, 2.05) is 0 Å². The Bertz CT molecular complexity index is 740. The van der Waals surface area contributed by atoms with Crippen LogP contribution in [0.15, 0.2) is 24.3 Å². The average molecular weight is 330 g/mol. The van der Waals surface area contributed by atoms with Crippen LogP contribution in [0.4, 0.5) is 10.1 Å². The number of carbonyl (C=O) groups is 2. The van der Waals surface area contributed by atoms with Crippen molar-refractivity contribution < 1.29 is 19.1 Å². The summed E-state index contributed by atoms with van der Waals surface area (Å²) in [5.41, 5.74) is -0.524. The molecule has 0 saturated heterocycles. The summed E-state index contributed by atoms with van der Waals surface area (Å²) in [6.45, 7) is 0. The van der Waals surface area contributed by atoms with E-state index in [1.165, 1.54) is 6.07 Å². The Kier molecular flexibility index (Phi) is 4.35. The first-order chi connectivity index (χ1) is 9.88. The van der Waals surface area contributed by atoms with Gasteiger partial charge in [-0.3, -0.25) is 4.79 Å². The smallest absolute Gasteiger partial charge is 0.335 e. The second kappa shape index (κ2) is 6.02. The van der Waals surface area contributed by atoms with Crippen molar-refractivity contribution in [1.82, 2.24) is 10.2 Å². The molecule has 0 bridgehead atoms. The number of anilines is 1. The lowest BCUT2D eigenvalue weighted by Gasteiger charge is -2.07. The molecule has 0 fully saturated rings. The first-order valence-corrected chi connectivity index (χ1v) is 6.17. The second-order valence-electron chi connectivity index (χ2n) is 3.83. The normalized spacial score (nSPS) is 10.2. The van der Waals surface area contributed by atoms with Gasteiger partial charge in [0.15, 0.2) is 10.3 Å². The minimum Gasteiger partial charge on any atom is -0.478 e. The number of hydrogen-bond donors (Lipinski definition) is 2. The van der Waals surface area contributed by atoms with Crippen LogP contribution in [0.5, 0.6) is 0 Å². The molecule has 6 nitrogen and oxygen atoms in total. The third-order valence-corrected chi connectivity index (χ3v) is 2.89. The van der Waals surface area contributed by atoms with Crippen LogP contribution in [-0.4, -0.2) is 27.2 Å². The molecule has 0 radical (unpaired) electrons. The Morgan fingerprint density at radius 1 is 1.19 bits per heavy atom. The fourth-order valence-electron chi connectivity index (χ4n) is 1.45. The highest BCUT2D eigenvalue weighted by Crippen LogP contribution is 2.20. The highest BCUT2D eigenvalue weighted by Gasteiger charge is 2.16. The Balaban J connectivity index is 2.27. The molecule has 1 aromatic carbocycles. The maximum Gasteiger partial charge on any atom is 0.335 e. The number of halogens is 3. The maximum absolute atomic E-state index is 13.7. The largest absolute Gasteiger partial charge is 0.478 e. The predicted octanol–water partition coefficient (Wildman–Crippen LogP) is 2.87. The Hall–Kier alpha value is -2.25. The molecular weight excluding hydrogens is 324 g/mol. The van der Waals surface area contributed by atoms with Crippen LogP contribution in [0.1, 0.15) is 20.7 Å². The zero-order valence-corrected chi connectivity index (χ0v) is 11.6. The van der Waals surface area contributed by atoms with Crippen LogP contribution in [0.25, 0.3) is 0 Å². The number of benzene rings is 1. The molecule has 0 spiro atoms. The van der Waals surface area contributed by atoms with Crippen LogP contribution >= 0.6 is 23.2 Å². The van der Waals surface area contributed by atoms with Crippen molar-refractivity contribution in [1.29, 1.82) is 0 Å². The summed E-state index contributed by atoms with van der Waals surface area (Å²) in [4.78, 5) is 22.6. The molecule has 1 aromatic heterocycles. The molecule has 2 N–H and O–H groups in total. The molecule has 0 aliphatic heterocycles. The number of aromatic carboxylic acids is 1. The lowest BCUT2D eigenvalue weighted by Crippen LogP contribution is -2.15. The number of aromatic nitrogens is 2. The van der Waals surface area contributed by atoms with E-state index in [2.05, 4.69) is 15.5 Å². The topological polar surface area (TPSA) is 92.2 Å². The molecule has 0 atom stereocenters. The van der Waals surface area contributed by atoms with E-state index in [-0.39, 0.29) is 27.1 Å². The van der Waals surface area contributed by atoms with Crippen LogP contribution < -0.4 is 5.32 Å². The molecule has 1 heterocycles. The fraction of sp³-hybridized carbons (Fsp3) is 0. The van der Waals surface area contributed by atoms with Gasteiger partial charge in [0.1, 0.15) is 5.82 Å². The number of rotatable bonds is 3. The number of amides is 1. The molecule has 0 unspecified atom stereocenters. The van der Waals surface area contributed by atoms with Crippen LogP contribution in [-0.2, 0) is 0 Å². The van der Waals surface area contributed by atoms with Gasteiger partial charge in [-0.05, 0) is 24.3 Å². The van der Waals surface area contributed by atoms with E-state index in [0.717, 1.165) is 18.2 Å². The molecule has 108 valence electrons. The van der Waals surface area contributed by atoms with E-state index in [4.69, 9.17) is 28.3 Å². The summed E-state index contributed by atoms with van der Waals surface area (Å²) in [5, 5.41) is 17.6. The number of carbonyl (C=O) groups excluding carboxylic acids is 1. The molecule has 0 aliphatic rings. The molecule has 0 aliphatic carbocycles. The third-order valence-electron chi connectivity index (χ3n) is 2.43. The van der Waals surface area contributed by atoms with Crippen LogP contribution in [0, 0.1) is 5.82 Å². The quantitative estimate of drug-likeness (QED) is 0.903. The van der Waals surface area contributed by atoms with E-state index < -0.39 is 17.7 Å².